The maximum Gasteiger partial charge on any atom is 0.113 e. The molecular formula is C34H21B. The van der Waals surface area contributed by atoms with Gasteiger partial charge < -0.3 is 0 Å². The molecule has 0 aromatic heterocycles. The highest BCUT2D eigenvalue weighted by Gasteiger charge is 2.18. The van der Waals surface area contributed by atoms with E-state index in [1.54, 1.807) is 0 Å². The van der Waals surface area contributed by atoms with Gasteiger partial charge in [0.25, 0.3) is 0 Å². The summed E-state index contributed by atoms with van der Waals surface area (Å²) in [6.45, 7) is 0. The third-order valence-corrected chi connectivity index (χ3v) is 7.17. The fraction of sp³-hybridized carbons (Fsp3) is 0. The average Bonchev–Trinajstić information content (AvgIpc) is 2.91. The minimum atomic E-state index is 0.776. The van der Waals surface area contributed by atoms with E-state index < -0.39 is 0 Å². The van der Waals surface area contributed by atoms with E-state index in [0.29, 0.717) is 0 Å². The van der Waals surface area contributed by atoms with Crippen LogP contribution in [0.5, 0.6) is 0 Å². The molecule has 35 heavy (non-hydrogen) atoms. The molecule has 1 heteroatoms. The standard InChI is InChI=1S/C34H21B/c35-24-19-20-31-32(21-24)34(28-18-8-12-23-10-2-4-14-26(23)28)30-16-6-5-15-29(30)33(31)27-17-7-11-22-9-1-3-13-25(22)27/h1-21H. The Morgan fingerprint density at radius 2 is 0.771 bits per heavy atom. The van der Waals surface area contributed by atoms with Crippen LogP contribution in [0.15, 0.2) is 127 Å². The second-order valence-corrected chi connectivity index (χ2v) is 9.15. The molecule has 0 nitrogen and oxygen atoms in total. The lowest BCUT2D eigenvalue weighted by atomic mass is 9.81. The summed E-state index contributed by atoms with van der Waals surface area (Å²) in [4.78, 5) is 0. The Morgan fingerprint density at radius 1 is 0.343 bits per heavy atom. The summed E-state index contributed by atoms with van der Waals surface area (Å²) in [5.41, 5.74) is 5.76. The molecule has 0 aliphatic rings. The fourth-order valence-electron chi connectivity index (χ4n) is 5.66. The third kappa shape index (κ3) is 3.09. The molecule has 7 rings (SSSR count). The summed E-state index contributed by atoms with van der Waals surface area (Å²) in [5, 5.41) is 9.90. The number of hydrogen-bond acceptors (Lipinski definition) is 0. The van der Waals surface area contributed by atoms with Gasteiger partial charge >= 0.3 is 0 Å². The highest BCUT2D eigenvalue weighted by molar-refractivity contribution is 6.35. The van der Waals surface area contributed by atoms with E-state index in [0.717, 1.165) is 5.46 Å². The van der Waals surface area contributed by atoms with Crippen molar-refractivity contribution in [2.75, 3.05) is 0 Å². The van der Waals surface area contributed by atoms with Crippen LogP contribution in [-0.4, -0.2) is 7.85 Å². The van der Waals surface area contributed by atoms with E-state index in [1.165, 1.54) is 65.3 Å². The lowest BCUT2D eigenvalue weighted by Crippen LogP contribution is -2.02. The molecule has 0 amide bonds. The minimum absolute atomic E-state index is 0.776. The normalized spacial score (nSPS) is 11.5. The van der Waals surface area contributed by atoms with Crippen molar-refractivity contribution in [1.82, 2.24) is 0 Å². The van der Waals surface area contributed by atoms with Crippen molar-refractivity contribution < 1.29 is 0 Å². The first-order chi connectivity index (χ1) is 17.3. The first-order valence-corrected chi connectivity index (χ1v) is 12.0. The largest absolute Gasteiger partial charge is 0.113 e. The number of hydrogen-bond donors (Lipinski definition) is 0. The Hall–Kier alpha value is -4.36. The molecule has 0 N–H and O–H groups in total. The van der Waals surface area contributed by atoms with E-state index in [2.05, 4.69) is 121 Å². The zero-order valence-corrected chi connectivity index (χ0v) is 19.2. The Balaban J connectivity index is 1.72. The van der Waals surface area contributed by atoms with E-state index in [1.807, 2.05) is 6.07 Å². The Labute approximate surface area is 205 Å². The maximum atomic E-state index is 6.41. The van der Waals surface area contributed by atoms with E-state index in [-0.39, 0.29) is 0 Å². The van der Waals surface area contributed by atoms with Gasteiger partial charge in [-0.05, 0) is 65.3 Å². The molecule has 7 aromatic carbocycles. The fourth-order valence-corrected chi connectivity index (χ4v) is 5.66. The predicted octanol–water partition coefficient (Wildman–Crippen LogP) is 8.43. The highest BCUT2D eigenvalue weighted by Crippen LogP contribution is 2.46. The van der Waals surface area contributed by atoms with Crippen molar-refractivity contribution in [1.29, 1.82) is 0 Å². The summed E-state index contributed by atoms with van der Waals surface area (Å²) >= 11 is 0. The molecule has 0 heterocycles. The van der Waals surface area contributed by atoms with Crippen LogP contribution in [0, 0.1) is 0 Å². The van der Waals surface area contributed by atoms with Gasteiger partial charge in [-0.1, -0.05) is 133 Å². The summed E-state index contributed by atoms with van der Waals surface area (Å²) in [6.07, 6.45) is 0. The Kier molecular flexibility index (Phi) is 4.50. The summed E-state index contributed by atoms with van der Waals surface area (Å²) < 4.78 is 0. The van der Waals surface area contributed by atoms with Crippen LogP contribution in [0.2, 0.25) is 0 Å². The van der Waals surface area contributed by atoms with E-state index in [4.69, 9.17) is 7.85 Å². The van der Waals surface area contributed by atoms with Crippen LogP contribution in [0.4, 0.5) is 0 Å². The summed E-state index contributed by atoms with van der Waals surface area (Å²) in [5.74, 6) is 0. The molecule has 160 valence electrons. The van der Waals surface area contributed by atoms with Gasteiger partial charge in [-0.15, -0.1) is 0 Å². The van der Waals surface area contributed by atoms with Crippen LogP contribution >= 0.6 is 0 Å². The van der Waals surface area contributed by atoms with Gasteiger partial charge in [0.2, 0.25) is 0 Å². The molecule has 0 saturated carbocycles. The molecule has 0 spiro atoms. The highest BCUT2D eigenvalue weighted by atomic mass is 14.2. The number of rotatable bonds is 2. The molecule has 2 radical (unpaired) electrons. The van der Waals surface area contributed by atoms with Crippen molar-refractivity contribution in [3.63, 3.8) is 0 Å². The minimum Gasteiger partial charge on any atom is -0.0960 e. The molecule has 0 aliphatic carbocycles. The first-order valence-electron chi connectivity index (χ1n) is 12.0. The number of benzene rings is 7. The van der Waals surface area contributed by atoms with Crippen molar-refractivity contribution in [2.45, 2.75) is 0 Å². The maximum absolute atomic E-state index is 6.41. The average molecular weight is 440 g/mol. The van der Waals surface area contributed by atoms with Crippen LogP contribution in [-0.2, 0) is 0 Å². The molecule has 0 unspecified atom stereocenters. The van der Waals surface area contributed by atoms with Gasteiger partial charge in [-0.2, -0.15) is 0 Å². The zero-order valence-electron chi connectivity index (χ0n) is 19.2. The summed E-state index contributed by atoms with van der Waals surface area (Å²) in [7, 11) is 6.41. The van der Waals surface area contributed by atoms with Crippen LogP contribution < -0.4 is 5.46 Å². The Morgan fingerprint density at radius 3 is 1.34 bits per heavy atom. The topological polar surface area (TPSA) is 0 Å². The smallest absolute Gasteiger partial charge is 0.0960 e. The van der Waals surface area contributed by atoms with Crippen molar-refractivity contribution >= 4 is 56.4 Å². The van der Waals surface area contributed by atoms with Crippen LogP contribution in [0.1, 0.15) is 0 Å². The van der Waals surface area contributed by atoms with Gasteiger partial charge in [0.1, 0.15) is 7.85 Å². The lowest BCUT2D eigenvalue weighted by molar-refractivity contribution is 1.69. The lowest BCUT2D eigenvalue weighted by Gasteiger charge is -2.20. The third-order valence-electron chi connectivity index (χ3n) is 7.17. The SMILES string of the molecule is [B]c1ccc2c(-c3cccc4ccccc34)c3ccccc3c(-c3cccc4ccccc34)c2c1. The van der Waals surface area contributed by atoms with Crippen LogP contribution in [0.3, 0.4) is 0 Å². The second-order valence-electron chi connectivity index (χ2n) is 9.15. The van der Waals surface area contributed by atoms with Gasteiger partial charge in [0.05, 0.1) is 0 Å². The molecule has 0 bridgehead atoms. The molecule has 7 aromatic rings. The van der Waals surface area contributed by atoms with Crippen molar-refractivity contribution in [3.05, 3.63) is 127 Å². The van der Waals surface area contributed by atoms with E-state index >= 15 is 0 Å². The monoisotopic (exact) mass is 440 g/mol. The predicted molar refractivity (Wildman–Crippen MR) is 153 cm³/mol. The number of fused-ring (bicyclic) bond motifs is 4. The van der Waals surface area contributed by atoms with Gasteiger partial charge in [-0.3, -0.25) is 0 Å². The molecule has 0 aliphatic heterocycles. The molecular weight excluding hydrogens is 419 g/mol. The van der Waals surface area contributed by atoms with E-state index in [9.17, 15) is 0 Å². The first kappa shape index (κ1) is 20.1. The molecule has 0 atom stereocenters. The molecule has 0 saturated heterocycles. The van der Waals surface area contributed by atoms with Gasteiger partial charge in [0, 0.05) is 0 Å². The summed E-state index contributed by atoms with van der Waals surface area (Å²) in [6, 6.07) is 45.6. The zero-order chi connectivity index (χ0) is 23.4. The van der Waals surface area contributed by atoms with Gasteiger partial charge in [-0.25, -0.2) is 0 Å². The second kappa shape index (κ2) is 7.86. The van der Waals surface area contributed by atoms with Crippen molar-refractivity contribution in [2.24, 2.45) is 0 Å². The molecule has 0 fully saturated rings. The Bertz CT molecular complexity index is 1900. The van der Waals surface area contributed by atoms with Crippen molar-refractivity contribution in [3.8, 4) is 22.3 Å². The van der Waals surface area contributed by atoms with Gasteiger partial charge in [0.15, 0.2) is 0 Å². The van der Waals surface area contributed by atoms with Crippen LogP contribution in [0.25, 0.3) is 65.3 Å². The quantitative estimate of drug-likeness (QED) is 0.187.